The van der Waals surface area contributed by atoms with Crippen LogP contribution < -0.4 is 11.0 Å². The zero-order valence-corrected chi connectivity index (χ0v) is 9.99. The van der Waals surface area contributed by atoms with Gasteiger partial charge in [0.25, 0.3) is 0 Å². The topological polar surface area (TPSA) is 49.8 Å². The lowest BCUT2D eigenvalue weighted by molar-refractivity contribution is 0.372. The summed E-state index contributed by atoms with van der Waals surface area (Å²) < 4.78 is 1.91. The van der Waals surface area contributed by atoms with Gasteiger partial charge in [-0.05, 0) is 44.0 Å². The van der Waals surface area contributed by atoms with Crippen LogP contribution in [-0.4, -0.2) is 22.6 Å². The summed E-state index contributed by atoms with van der Waals surface area (Å²) >= 11 is 0. The minimum atomic E-state index is 0.0132. The van der Waals surface area contributed by atoms with Crippen LogP contribution >= 0.6 is 0 Å². The van der Waals surface area contributed by atoms with Gasteiger partial charge >= 0.3 is 5.69 Å². The molecule has 2 heterocycles. The van der Waals surface area contributed by atoms with Gasteiger partial charge in [0, 0.05) is 6.54 Å². The van der Waals surface area contributed by atoms with E-state index in [4.69, 9.17) is 0 Å². The molecule has 1 atom stereocenters. The van der Waals surface area contributed by atoms with Gasteiger partial charge in [-0.15, -0.1) is 0 Å². The highest BCUT2D eigenvalue weighted by Gasteiger charge is 2.19. The quantitative estimate of drug-likeness (QED) is 0.782. The number of rotatable bonds is 1. The Morgan fingerprint density at radius 2 is 2.29 bits per heavy atom. The zero-order valence-electron chi connectivity index (χ0n) is 9.99. The van der Waals surface area contributed by atoms with Crippen molar-refractivity contribution in [3.05, 3.63) is 34.2 Å². The summed E-state index contributed by atoms with van der Waals surface area (Å²) in [5, 5.41) is 3.36. The van der Waals surface area contributed by atoms with E-state index in [-0.39, 0.29) is 11.7 Å². The molecule has 17 heavy (non-hydrogen) atoms. The molecule has 2 N–H and O–H groups in total. The number of imidazole rings is 1. The molecule has 4 nitrogen and oxygen atoms in total. The molecule has 1 aromatic carbocycles. The summed E-state index contributed by atoms with van der Waals surface area (Å²) in [6.07, 6.45) is 2.21. The number of piperidine rings is 1. The fourth-order valence-electron chi connectivity index (χ4n) is 2.65. The lowest BCUT2D eigenvalue weighted by Gasteiger charge is -2.24. The zero-order chi connectivity index (χ0) is 11.8. The number of aryl methyl sites for hydroxylation is 1. The van der Waals surface area contributed by atoms with E-state index in [1.54, 1.807) is 0 Å². The van der Waals surface area contributed by atoms with Crippen LogP contribution in [0.5, 0.6) is 0 Å². The van der Waals surface area contributed by atoms with E-state index < -0.39 is 0 Å². The smallest absolute Gasteiger partial charge is 0.315 e. The van der Waals surface area contributed by atoms with Crippen LogP contribution in [0.4, 0.5) is 0 Å². The summed E-state index contributed by atoms with van der Waals surface area (Å²) in [4.78, 5) is 15.0. The van der Waals surface area contributed by atoms with E-state index in [1.807, 2.05) is 16.7 Å². The first-order valence-electron chi connectivity index (χ1n) is 6.17. The molecule has 2 aromatic rings. The number of hydrogen-bond donors (Lipinski definition) is 2. The van der Waals surface area contributed by atoms with E-state index >= 15 is 0 Å². The molecular formula is C13H17N3O. The van der Waals surface area contributed by atoms with Crippen LogP contribution in [0.15, 0.2) is 23.0 Å². The van der Waals surface area contributed by atoms with E-state index in [2.05, 4.69) is 23.3 Å². The van der Waals surface area contributed by atoms with Crippen LogP contribution in [0.3, 0.4) is 0 Å². The molecule has 0 amide bonds. The van der Waals surface area contributed by atoms with Gasteiger partial charge in [-0.2, -0.15) is 0 Å². The normalized spacial score (nSPS) is 20.9. The Balaban J connectivity index is 2.16. The van der Waals surface area contributed by atoms with E-state index in [0.29, 0.717) is 0 Å². The lowest BCUT2D eigenvalue weighted by atomic mass is 10.1. The van der Waals surface area contributed by atoms with Crippen LogP contribution in [-0.2, 0) is 0 Å². The maximum absolute atomic E-state index is 12.0. The van der Waals surface area contributed by atoms with Gasteiger partial charge < -0.3 is 10.3 Å². The van der Waals surface area contributed by atoms with Crippen molar-refractivity contribution in [1.82, 2.24) is 14.9 Å². The van der Waals surface area contributed by atoms with E-state index in [1.165, 1.54) is 5.56 Å². The fraction of sp³-hybridized carbons (Fsp3) is 0.462. The highest BCUT2D eigenvalue weighted by atomic mass is 16.1. The average molecular weight is 231 g/mol. The molecule has 4 heteroatoms. The lowest BCUT2D eigenvalue weighted by Crippen LogP contribution is -2.35. The molecule has 0 saturated carbocycles. The maximum atomic E-state index is 12.0. The Morgan fingerprint density at radius 1 is 1.41 bits per heavy atom. The first-order valence-corrected chi connectivity index (χ1v) is 6.17. The second-order valence-corrected chi connectivity index (χ2v) is 4.82. The first kappa shape index (κ1) is 10.6. The third kappa shape index (κ3) is 1.78. The SMILES string of the molecule is Cc1ccc2[nH]c(=O)n(C3CCCNC3)c2c1. The summed E-state index contributed by atoms with van der Waals surface area (Å²) in [5.74, 6) is 0. The Morgan fingerprint density at radius 3 is 3.06 bits per heavy atom. The average Bonchev–Trinajstić information content (AvgIpc) is 2.65. The Labute approximate surface area is 99.6 Å². The van der Waals surface area contributed by atoms with E-state index in [0.717, 1.165) is 37.0 Å². The van der Waals surface area contributed by atoms with Gasteiger partial charge in [0.15, 0.2) is 0 Å². The minimum absolute atomic E-state index is 0.0132. The van der Waals surface area contributed by atoms with Crippen molar-refractivity contribution in [2.24, 2.45) is 0 Å². The van der Waals surface area contributed by atoms with Gasteiger partial charge in [0.1, 0.15) is 0 Å². The molecule has 0 spiro atoms. The number of fused-ring (bicyclic) bond motifs is 1. The van der Waals surface area contributed by atoms with Crippen LogP contribution in [0, 0.1) is 6.92 Å². The monoisotopic (exact) mass is 231 g/mol. The molecule has 1 aliphatic rings. The Hall–Kier alpha value is -1.55. The summed E-state index contributed by atoms with van der Waals surface area (Å²) in [6.45, 7) is 4.01. The maximum Gasteiger partial charge on any atom is 0.326 e. The van der Waals surface area contributed by atoms with Crippen LogP contribution in [0.2, 0.25) is 0 Å². The largest absolute Gasteiger partial charge is 0.326 e. The van der Waals surface area contributed by atoms with Crippen LogP contribution in [0.25, 0.3) is 11.0 Å². The molecule has 90 valence electrons. The number of aromatic nitrogens is 2. The van der Waals surface area contributed by atoms with Crippen molar-refractivity contribution in [2.45, 2.75) is 25.8 Å². The minimum Gasteiger partial charge on any atom is -0.315 e. The van der Waals surface area contributed by atoms with Crippen molar-refractivity contribution < 1.29 is 0 Å². The molecule has 3 rings (SSSR count). The van der Waals surface area contributed by atoms with Gasteiger partial charge in [0.2, 0.25) is 0 Å². The highest BCUT2D eigenvalue weighted by molar-refractivity contribution is 5.76. The van der Waals surface area contributed by atoms with E-state index in [9.17, 15) is 4.79 Å². The molecule has 1 aliphatic heterocycles. The second-order valence-electron chi connectivity index (χ2n) is 4.82. The number of H-pyrrole nitrogens is 1. The predicted octanol–water partition coefficient (Wildman–Crippen LogP) is 1.56. The molecule has 1 aromatic heterocycles. The van der Waals surface area contributed by atoms with Crippen molar-refractivity contribution in [1.29, 1.82) is 0 Å². The summed E-state index contributed by atoms with van der Waals surface area (Å²) in [5.41, 5.74) is 3.17. The molecule has 1 saturated heterocycles. The second kappa shape index (κ2) is 4.04. The molecule has 1 fully saturated rings. The molecule has 0 aliphatic carbocycles. The van der Waals surface area contributed by atoms with Crippen molar-refractivity contribution in [2.75, 3.05) is 13.1 Å². The standard InChI is InChI=1S/C13H17N3O/c1-9-4-5-11-12(7-9)16(13(17)15-11)10-3-2-6-14-8-10/h4-5,7,10,14H,2-3,6,8H2,1H3,(H,15,17). The van der Waals surface area contributed by atoms with Gasteiger partial charge in [-0.3, -0.25) is 4.57 Å². The third-order valence-corrected chi connectivity index (χ3v) is 3.51. The summed E-state index contributed by atoms with van der Waals surface area (Å²) in [7, 11) is 0. The number of nitrogens with one attached hydrogen (secondary N) is 2. The van der Waals surface area contributed by atoms with Gasteiger partial charge in [-0.1, -0.05) is 6.07 Å². The number of hydrogen-bond acceptors (Lipinski definition) is 2. The summed E-state index contributed by atoms with van der Waals surface area (Å²) in [6, 6.07) is 6.38. The van der Waals surface area contributed by atoms with Gasteiger partial charge in [-0.25, -0.2) is 4.79 Å². The van der Waals surface area contributed by atoms with Crippen molar-refractivity contribution in [3.63, 3.8) is 0 Å². The molecule has 0 bridgehead atoms. The number of benzene rings is 1. The molecular weight excluding hydrogens is 214 g/mol. The first-order chi connectivity index (χ1) is 8.25. The molecule has 0 radical (unpaired) electrons. The molecule has 1 unspecified atom stereocenters. The van der Waals surface area contributed by atoms with Gasteiger partial charge in [0.05, 0.1) is 17.1 Å². The highest BCUT2D eigenvalue weighted by Crippen LogP contribution is 2.21. The van der Waals surface area contributed by atoms with Crippen LogP contribution in [0.1, 0.15) is 24.4 Å². The van der Waals surface area contributed by atoms with Crippen molar-refractivity contribution >= 4 is 11.0 Å². The predicted molar refractivity (Wildman–Crippen MR) is 68.4 cm³/mol. The number of aromatic amines is 1. The third-order valence-electron chi connectivity index (χ3n) is 3.51. The fourth-order valence-corrected chi connectivity index (χ4v) is 2.65. The Kier molecular flexibility index (Phi) is 2.52. The van der Waals surface area contributed by atoms with Crippen molar-refractivity contribution in [3.8, 4) is 0 Å². The number of nitrogens with zero attached hydrogens (tertiary/aromatic N) is 1. The Bertz CT molecular complexity index is 590.